The highest BCUT2D eigenvalue weighted by Gasteiger charge is 2.25. The Labute approximate surface area is 148 Å². The van der Waals surface area contributed by atoms with Crippen LogP contribution in [0.3, 0.4) is 0 Å². The number of aromatic nitrogens is 2. The second-order valence-electron chi connectivity index (χ2n) is 6.56. The van der Waals surface area contributed by atoms with Crippen LogP contribution in [-0.4, -0.2) is 35.4 Å². The number of hydrogen-bond acceptors (Lipinski definition) is 4. The van der Waals surface area contributed by atoms with Crippen molar-refractivity contribution >= 4 is 5.91 Å². The van der Waals surface area contributed by atoms with Crippen LogP contribution in [0.25, 0.3) is 5.69 Å². The summed E-state index contributed by atoms with van der Waals surface area (Å²) in [5.41, 5.74) is 7.19. The van der Waals surface area contributed by atoms with E-state index in [1.54, 1.807) is 24.1 Å². The van der Waals surface area contributed by atoms with Crippen LogP contribution in [0.5, 0.6) is 5.75 Å². The van der Waals surface area contributed by atoms with Gasteiger partial charge in [0, 0.05) is 18.8 Å². The summed E-state index contributed by atoms with van der Waals surface area (Å²) >= 11 is 0. The molecule has 0 bridgehead atoms. The van der Waals surface area contributed by atoms with Crippen LogP contribution in [0.1, 0.15) is 42.6 Å². The Balaban J connectivity index is 1.66. The van der Waals surface area contributed by atoms with Gasteiger partial charge in [-0.1, -0.05) is 19.3 Å². The molecule has 1 heterocycles. The molecule has 1 fully saturated rings. The number of nitrogens with one attached hydrogen (secondary N) is 1. The molecule has 1 aromatic carbocycles. The predicted octanol–water partition coefficient (Wildman–Crippen LogP) is 2.52. The lowest BCUT2D eigenvalue weighted by Crippen LogP contribution is -2.46. The van der Waals surface area contributed by atoms with E-state index in [2.05, 4.69) is 10.4 Å². The fourth-order valence-corrected chi connectivity index (χ4v) is 3.47. The third-order valence-corrected chi connectivity index (χ3v) is 4.95. The van der Waals surface area contributed by atoms with Gasteiger partial charge in [-0.15, -0.1) is 0 Å². The molecule has 6 heteroatoms. The molecular formula is C19H26N4O2. The number of hydrogen-bond donors (Lipinski definition) is 2. The van der Waals surface area contributed by atoms with Crippen molar-refractivity contribution in [1.82, 2.24) is 15.1 Å². The van der Waals surface area contributed by atoms with Crippen molar-refractivity contribution in [2.75, 3.05) is 13.7 Å². The Morgan fingerprint density at radius 2 is 2.00 bits per heavy atom. The lowest BCUT2D eigenvalue weighted by Gasteiger charge is -2.29. The van der Waals surface area contributed by atoms with Crippen molar-refractivity contribution in [2.45, 2.75) is 38.1 Å². The minimum absolute atomic E-state index is 0.0268. The number of carbonyl (C=O) groups excluding carboxylic acids is 1. The molecule has 1 unspecified atom stereocenters. The standard InChI is InChI=1S/C19H26N4O2/c1-25-16-9-7-15(8-10-16)23-12-11-17(22-23)19(24)21-18(13-20)14-5-3-2-4-6-14/h7-12,14,18H,2-6,13,20H2,1H3,(H,21,24). The molecular weight excluding hydrogens is 316 g/mol. The summed E-state index contributed by atoms with van der Waals surface area (Å²) in [6.45, 7) is 0.468. The Kier molecular flexibility index (Phi) is 5.71. The molecule has 1 atom stereocenters. The first-order chi connectivity index (χ1) is 12.2. The minimum Gasteiger partial charge on any atom is -0.497 e. The molecule has 0 spiro atoms. The van der Waals surface area contributed by atoms with E-state index in [4.69, 9.17) is 10.5 Å². The highest BCUT2D eigenvalue weighted by molar-refractivity contribution is 5.92. The average molecular weight is 342 g/mol. The van der Waals surface area contributed by atoms with Crippen LogP contribution < -0.4 is 15.8 Å². The van der Waals surface area contributed by atoms with Gasteiger partial charge in [0.2, 0.25) is 0 Å². The molecule has 1 aromatic heterocycles. The number of nitrogens with zero attached hydrogens (tertiary/aromatic N) is 2. The monoisotopic (exact) mass is 342 g/mol. The van der Waals surface area contributed by atoms with E-state index in [-0.39, 0.29) is 11.9 Å². The van der Waals surface area contributed by atoms with Crippen molar-refractivity contribution in [3.05, 3.63) is 42.2 Å². The molecule has 1 saturated carbocycles. The average Bonchev–Trinajstić information content (AvgIpc) is 3.17. The largest absolute Gasteiger partial charge is 0.497 e. The van der Waals surface area contributed by atoms with Crippen molar-refractivity contribution < 1.29 is 9.53 Å². The fraction of sp³-hybridized carbons (Fsp3) is 0.474. The number of methoxy groups -OCH3 is 1. The Morgan fingerprint density at radius 1 is 1.28 bits per heavy atom. The molecule has 6 nitrogen and oxygen atoms in total. The van der Waals surface area contributed by atoms with Crippen molar-refractivity contribution in [3.8, 4) is 11.4 Å². The lowest BCUT2D eigenvalue weighted by atomic mass is 9.84. The zero-order valence-electron chi connectivity index (χ0n) is 14.6. The summed E-state index contributed by atoms with van der Waals surface area (Å²) in [6.07, 6.45) is 7.81. The third kappa shape index (κ3) is 4.20. The zero-order chi connectivity index (χ0) is 17.6. The zero-order valence-corrected chi connectivity index (χ0v) is 14.6. The highest BCUT2D eigenvalue weighted by atomic mass is 16.5. The third-order valence-electron chi connectivity index (χ3n) is 4.95. The summed E-state index contributed by atoms with van der Waals surface area (Å²) in [4.78, 5) is 12.5. The molecule has 0 radical (unpaired) electrons. The second kappa shape index (κ2) is 8.16. The van der Waals surface area contributed by atoms with Crippen LogP contribution in [0.2, 0.25) is 0 Å². The molecule has 2 aromatic rings. The highest BCUT2D eigenvalue weighted by Crippen LogP contribution is 2.26. The van der Waals surface area contributed by atoms with E-state index >= 15 is 0 Å². The van der Waals surface area contributed by atoms with Crippen molar-refractivity contribution in [2.24, 2.45) is 11.7 Å². The normalized spacial score (nSPS) is 16.4. The smallest absolute Gasteiger partial charge is 0.272 e. The summed E-state index contributed by atoms with van der Waals surface area (Å²) in [6, 6.07) is 9.29. The van der Waals surface area contributed by atoms with Gasteiger partial charge in [0.15, 0.2) is 5.69 Å². The van der Waals surface area contributed by atoms with Gasteiger partial charge in [0.1, 0.15) is 5.75 Å². The first-order valence-electron chi connectivity index (χ1n) is 8.92. The summed E-state index contributed by atoms with van der Waals surface area (Å²) in [5.74, 6) is 1.10. The van der Waals surface area contributed by atoms with Crippen LogP contribution in [-0.2, 0) is 0 Å². The number of benzene rings is 1. The van der Waals surface area contributed by atoms with Gasteiger partial charge in [0.05, 0.1) is 12.8 Å². The number of ether oxygens (including phenoxy) is 1. The Hall–Kier alpha value is -2.34. The molecule has 3 rings (SSSR count). The van der Waals surface area contributed by atoms with Crippen molar-refractivity contribution in [3.63, 3.8) is 0 Å². The summed E-state index contributed by atoms with van der Waals surface area (Å²) in [7, 11) is 1.63. The number of nitrogens with two attached hydrogens (primary N) is 1. The molecule has 0 aliphatic heterocycles. The van der Waals surface area contributed by atoms with Crippen molar-refractivity contribution in [1.29, 1.82) is 0 Å². The fourth-order valence-electron chi connectivity index (χ4n) is 3.47. The first-order valence-corrected chi connectivity index (χ1v) is 8.92. The maximum absolute atomic E-state index is 12.5. The van der Waals surface area contributed by atoms with Gasteiger partial charge in [-0.2, -0.15) is 5.10 Å². The first kappa shape index (κ1) is 17.5. The van der Waals surface area contributed by atoms with Crippen LogP contribution in [0.4, 0.5) is 0 Å². The van der Waals surface area contributed by atoms with E-state index in [1.807, 2.05) is 24.3 Å². The molecule has 1 aliphatic carbocycles. The summed E-state index contributed by atoms with van der Waals surface area (Å²) < 4.78 is 6.84. The van der Waals surface area contributed by atoms with E-state index in [1.165, 1.54) is 19.3 Å². The maximum atomic E-state index is 12.5. The van der Waals surface area contributed by atoms with Gasteiger partial charge in [0.25, 0.3) is 5.91 Å². The van der Waals surface area contributed by atoms with E-state index in [0.29, 0.717) is 18.2 Å². The molecule has 25 heavy (non-hydrogen) atoms. The summed E-state index contributed by atoms with van der Waals surface area (Å²) in [5, 5.41) is 7.47. The second-order valence-corrected chi connectivity index (χ2v) is 6.56. The predicted molar refractivity (Wildman–Crippen MR) is 97.0 cm³/mol. The maximum Gasteiger partial charge on any atom is 0.272 e. The Bertz CT molecular complexity index is 690. The van der Waals surface area contributed by atoms with Crippen LogP contribution in [0, 0.1) is 5.92 Å². The number of amides is 1. The van der Waals surface area contributed by atoms with Gasteiger partial charge in [-0.3, -0.25) is 4.79 Å². The topological polar surface area (TPSA) is 82.2 Å². The van der Waals surface area contributed by atoms with Gasteiger partial charge < -0.3 is 15.8 Å². The van der Waals surface area contributed by atoms with E-state index < -0.39 is 0 Å². The lowest BCUT2D eigenvalue weighted by molar-refractivity contribution is 0.0910. The number of rotatable bonds is 6. The molecule has 0 saturated heterocycles. The number of carbonyl (C=O) groups is 1. The quantitative estimate of drug-likeness (QED) is 0.845. The minimum atomic E-state index is -0.159. The molecule has 1 amide bonds. The van der Waals surface area contributed by atoms with Crippen LogP contribution >= 0.6 is 0 Å². The molecule has 134 valence electrons. The van der Waals surface area contributed by atoms with Gasteiger partial charge in [-0.05, 0) is 49.1 Å². The SMILES string of the molecule is COc1ccc(-n2ccc(C(=O)NC(CN)C3CCCCC3)n2)cc1. The van der Waals surface area contributed by atoms with Gasteiger partial charge in [-0.25, -0.2) is 4.68 Å². The Morgan fingerprint density at radius 3 is 2.64 bits per heavy atom. The molecule has 3 N–H and O–H groups in total. The molecule has 1 aliphatic rings. The van der Waals surface area contributed by atoms with Gasteiger partial charge >= 0.3 is 0 Å². The van der Waals surface area contributed by atoms with E-state index in [9.17, 15) is 4.79 Å². The van der Waals surface area contributed by atoms with E-state index in [0.717, 1.165) is 24.3 Å². The van der Waals surface area contributed by atoms with Crippen LogP contribution in [0.15, 0.2) is 36.5 Å².